The second-order valence-corrected chi connectivity index (χ2v) is 8.22. The zero-order chi connectivity index (χ0) is 21.1. The molecule has 0 unspecified atom stereocenters. The summed E-state index contributed by atoms with van der Waals surface area (Å²) in [5, 5.41) is 17.2. The van der Waals surface area contributed by atoms with Crippen LogP contribution in [0, 0.1) is 25.2 Å². The summed E-state index contributed by atoms with van der Waals surface area (Å²) in [7, 11) is 0. The quantitative estimate of drug-likeness (QED) is 0.477. The van der Waals surface area contributed by atoms with Crippen molar-refractivity contribution in [2.24, 2.45) is 0 Å². The van der Waals surface area contributed by atoms with Crippen LogP contribution in [-0.2, 0) is 6.54 Å². The molecule has 0 spiro atoms. The highest BCUT2D eigenvalue weighted by molar-refractivity contribution is 7.16. The summed E-state index contributed by atoms with van der Waals surface area (Å²) >= 11 is 1.43. The number of carbonyl (C=O) groups is 1. The lowest BCUT2D eigenvalue weighted by Crippen LogP contribution is -2.13. The van der Waals surface area contributed by atoms with E-state index < -0.39 is 0 Å². The van der Waals surface area contributed by atoms with Gasteiger partial charge in [0.05, 0.1) is 12.1 Å². The van der Waals surface area contributed by atoms with Crippen LogP contribution in [0.2, 0.25) is 0 Å². The van der Waals surface area contributed by atoms with Crippen LogP contribution in [0.5, 0.6) is 0 Å². The van der Waals surface area contributed by atoms with Crippen LogP contribution in [0.4, 0.5) is 5.00 Å². The molecule has 0 bridgehead atoms. The molecule has 0 aliphatic carbocycles. The van der Waals surface area contributed by atoms with Crippen molar-refractivity contribution in [2.75, 3.05) is 5.32 Å². The van der Waals surface area contributed by atoms with Gasteiger partial charge in [-0.25, -0.2) is 0 Å². The zero-order valence-corrected chi connectivity index (χ0v) is 17.5. The lowest BCUT2D eigenvalue weighted by atomic mass is 9.98. The van der Waals surface area contributed by atoms with E-state index in [9.17, 15) is 10.1 Å². The van der Waals surface area contributed by atoms with Crippen molar-refractivity contribution < 1.29 is 4.79 Å². The van der Waals surface area contributed by atoms with Crippen LogP contribution in [0.1, 0.15) is 31.9 Å². The minimum absolute atomic E-state index is 0.219. The molecule has 1 amide bonds. The summed E-state index contributed by atoms with van der Waals surface area (Å²) in [6, 6.07) is 19.7. The van der Waals surface area contributed by atoms with Crippen LogP contribution in [0.3, 0.4) is 0 Å². The van der Waals surface area contributed by atoms with E-state index in [1.165, 1.54) is 11.3 Å². The van der Waals surface area contributed by atoms with E-state index in [1.807, 2.05) is 79.3 Å². The number of hydrogen-bond acceptors (Lipinski definition) is 4. The third-order valence-electron chi connectivity index (χ3n) is 5.06. The molecule has 0 atom stereocenters. The van der Waals surface area contributed by atoms with Gasteiger partial charge in [-0.3, -0.25) is 9.48 Å². The fourth-order valence-corrected chi connectivity index (χ4v) is 4.33. The smallest absolute Gasteiger partial charge is 0.256 e. The molecule has 5 nitrogen and oxygen atoms in total. The first-order valence-electron chi connectivity index (χ1n) is 9.54. The van der Waals surface area contributed by atoms with E-state index >= 15 is 0 Å². The van der Waals surface area contributed by atoms with Crippen molar-refractivity contribution in [3.63, 3.8) is 0 Å². The van der Waals surface area contributed by atoms with Gasteiger partial charge in [0.25, 0.3) is 5.91 Å². The van der Waals surface area contributed by atoms with Gasteiger partial charge in [-0.1, -0.05) is 42.5 Å². The Kier molecular flexibility index (Phi) is 5.46. The number of amides is 1. The van der Waals surface area contributed by atoms with E-state index in [2.05, 4.69) is 16.5 Å². The molecule has 2 aromatic heterocycles. The van der Waals surface area contributed by atoms with Crippen molar-refractivity contribution in [1.29, 1.82) is 5.26 Å². The van der Waals surface area contributed by atoms with Crippen LogP contribution >= 0.6 is 11.3 Å². The Morgan fingerprint density at radius 2 is 1.90 bits per heavy atom. The number of nitrogens with zero attached hydrogens (tertiary/aromatic N) is 3. The van der Waals surface area contributed by atoms with Gasteiger partial charge < -0.3 is 5.32 Å². The topological polar surface area (TPSA) is 70.7 Å². The second-order valence-electron chi connectivity index (χ2n) is 7.00. The predicted octanol–water partition coefficient (Wildman–Crippen LogP) is 5.40. The number of aryl methyl sites for hydroxylation is 1. The second kappa shape index (κ2) is 8.36. The highest BCUT2D eigenvalue weighted by Crippen LogP contribution is 2.33. The summed E-state index contributed by atoms with van der Waals surface area (Å²) in [6.45, 7) is 4.55. The third-order valence-corrected chi connectivity index (χ3v) is 6.19. The molecule has 0 fully saturated rings. The molecule has 0 saturated heterocycles. The molecule has 148 valence electrons. The average molecular weight is 413 g/mol. The monoisotopic (exact) mass is 412 g/mol. The predicted molar refractivity (Wildman–Crippen MR) is 120 cm³/mol. The summed E-state index contributed by atoms with van der Waals surface area (Å²) in [4.78, 5) is 14.1. The van der Waals surface area contributed by atoms with Gasteiger partial charge in [0.2, 0.25) is 0 Å². The highest BCUT2D eigenvalue weighted by atomic mass is 32.1. The van der Waals surface area contributed by atoms with E-state index in [0.717, 1.165) is 27.1 Å². The largest absolute Gasteiger partial charge is 0.312 e. The standard InChI is InChI=1S/C24H20N4OS/c1-16-17(2)30-24(22(16)14-25)27-23(29)21-7-4-3-6-20(21)19-10-8-18(9-11-19)15-28-13-5-12-26-28/h3-13H,15H2,1-2H3,(H,27,29). The fourth-order valence-electron chi connectivity index (χ4n) is 3.32. The molecule has 0 saturated carbocycles. The summed E-state index contributed by atoms with van der Waals surface area (Å²) < 4.78 is 1.87. The van der Waals surface area contributed by atoms with E-state index in [4.69, 9.17) is 0 Å². The normalized spacial score (nSPS) is 10.6. The first kappa shape index (κ1) is 19.6. The maximum Gasteiger partial charge on any atom is 0.256 e. The Balaban J connectivity index is 1.60. The average Bonchev–Trinajstić information content (AvgIpc) is 3.36. The lowest BCUT2D eigenvalue weighted by molar-refractivity contribution is 0.102. The Bertz CT molecular complexity index is 1230. The molecule has 2 heterocycles. The Labute approximate surface area is 179 Å². The van der Waals surface area contributed by atoms with Crippen molar-refractivity contribution in [1.82, 2.24) is 9.78 Å². The van der Waals surface area contributed by atoms with Crippen molar-refractivity contribution in [3.8, 4) is 17.2 Å². The van der Waals surface area contributed by atoms with Crippen LogP contribution in [-0.4, -0.2) is 15.7 Å². The van der Waals surface area contributed by atoms with Crippen LogP contribution in [0.15, 0.2) is 67.0 Å². The third kappa shape index (κ3) is 3.88. The van der Waals surface area contributed by atoms with Crippen molar-refractivity contribution in [3.05, 3.63) is 94.1 Å². The van der Waals surface area contributed by atoms with Crippen molar-refractivity contribution in [2.45, 2.75) is 20.4 Å². The fraction of sp³-hybridized carbons (Fsp3) is 0.125. The zero-order valence-electron chi connectivity index (χ0n) is 16.7. The van der Waals surface area contributed by atoms with E-state index in [-0.39, 0.29) is 5.91 Å². The summed E-state index contributed by atoms with van der Waals surface area (Å²) in [6.07, 6.45) is 3.69. The number of anilines is 1. The van der Waals surface area contributed by atoms with Crippen molar-refractivity contribution >= 4 is 22.2 Å². The van der Waals surface area contributed by atoms with Gasteiger partial charge in [0.1, 0.15) is 11.1 Å². The molecule has 30 heavy (non-hydrogen) atoms. The maximum absolute atomic E-state index is 13.1. The Morgan fingerprint density at radius 3 is 2.60 bits per heavy atom. The molecule has 6 heteroatoms. The molecule has 1 N–H and O–H groups in total. The number of nitriles is 1. The first-order valence-corrected chi connectivity index (χ1v) is 10.4. The van der Waals surface area contributed by atoms with Gasteiger partial charge in [0, 0.05) is 22.8 Å². The number of thiophene rings is 1. The van der Waals surface area contributed by atoms with E-state index in [1.54, 1.807) is 6.20 Å². The Morgan fingerprint density at radius 1 is 1.13 bits per heavy atom. The van der Waals surface area contributed by atoms with Gasteiger partial charge in [-0.05, 0) is 48.2 Å². The minimum Gasteiger partial charge on any atom is -0.312 e. The van der Waals surface area contributed by atoms with Crippen LogP contribution in [0.25, 0.3) is 11.1 Å². The molecule has 4 aromatic rings. The van der Waals surface area contributed by atoms with Gasteiger partial charge >= 0.3 is 0 Å². The van der Waals surface area contributed by atoms with Gasteiger partial charge in [-0.15, -0.1) is 11.3 Å². The number of nitrogens with one attached hydrogen (secondary N) is 1. The summed E-state index contributed by atoms with van der Waals surface area (Å²) in [5.41, 5.74) is 4.97. The molecular formula is C24H20N4OS. The highest BCUT2D eigenvalue weighted by Gasteiger charge is 2.18. The Hall–Kier alpha value is -3.69. The SMILES string of the molecule is Cc1sc(NC(=O)c2ccccc2-c2ccc(Cn3cccn3)cc2)c(C#N)c1C. The maximum atomic E-state index is 13.1. The van der Waals surface area contributed by atoms with Gasteiger partial charge in [-0.2, -0.15) is 10.4 Å². The van der Waals surface area contributed by atoms with Crippen LogP contribution < -0.4 is 5.32 Å². The molecule has 0 aliphatic heterocycles. The molecule has 0 aliphatic rings. The molecular weight excluding hydrogens is 392 g/mol. The lowest BCUT2D eigenvalue weighted by Gasteiger charge is -2.11. The number of carbonyl (C=O) groups excluding carboxylic acids is 1. The number of aromatic nitrogens is 2. The first-order chi connectivity index (χ1) is 14.6. The molecule has 0 radical (unpaired) electrons. The minimum atomic E-state index is -0.219. The van der Waals surface area contributed by atoms with E-state index in [0.29, 0.717) is 22.7 Å². The molecule has 2 aromatic carbocycles. The summed E-state index contributed by atoms with van der Waals surface area (Å²) in [5.74, 6) is -0.219. The number of benzene rings is 2. The van der Waals surface area contributed by atoms with Gasteiger partial charge in [0.15, 0.2) is 0 Å². The number of rotatable bonds is 5. The number of hydrogen-bond donors (Lipinski definition) is 1. The molecule has 4 rings (SSSR count).